The summed E-state index contributed by atoms with van der Waals surface area (Å²) in [6.07, 6.45) is 0. The number of carbonyl (C=O) groups excluding carboxylic acids is 2. The zero-order valence-electron chi connectivity index (χ0n) is 14.2. The van der Waals surface area contributed by atoms with Crippen LogP contribution in [-0.4, -0.2) is 54.3 Å². The van der Waals surface area contributed by atoms with Gasteiger partial charge in [-0.05, 0) is 32.0 Å². The number of aromatic amines is 1. The van der Waals surface area contributed by atoms with Crippen molar-refractivity contribution in [2.24, 2.45) is 0 Å². The number of carbonyl (C=O) groups is 2. The van der Waals surface area contributed by atoms with E-state index in [0.717, 1.165) is 0 Å². The van der Waals surface area contributed by atoms with Crippen molar-refractivity contribution in [1.29, 1.82) is 0 Å². The van der Waals surface area contributed by atoms with E-state index in [1.807, 2.05) is 0 Å². The molecule has 134 valence electrons. The van der Waals surface area contributed by atoms with E-state index in [-0.39, 0.29) is 25.5 Å². The molecular weight excluding hydrogens is 330 g/mol. The normalized spacial score (nSPS) is 10.2. The van der Waals surface area contributed by atoms with Gasteiger partial charge in [-0.25, -0.2) is 9.59 Å². The summed E-state index contributed by atoms with van der Waals surface area (Å²) in [6.45, 7) is 3.63. The number of hydrogen-bond donors (Lipinski definition) is 1. The Morgan fingerprint density at radius 3 is 2.52 bits per heavy atom. The van der Waals surface area contributed by atoms with Crippen molar-refractivity contribution in [2.75, 3.05) is 26.9 Å². The average Bonchev–Trinajstić information content (AvgIpc) is 3.10. The molecule has 0 spiro atoms. The Balaban J connectivity index is 2.28. The molecule has 0 amide bonds. The fourth-order valence-electron chi connectivity index (χ4n) is 2.05. The topological polar surface area (TPSA) is 113 Å². The highest BCUT2D eigenvalue weighted by molar-refractivity contribution is 5.94. The Labute approximate surface area is 144 Å². The molecule has 1 heterocycles. The van der Waals surface area contributed by atoms with Crippen LogP contribution in [0.5, 0.6) is 11.5 Å². The first-order valence-corrected chi connectivity index (χ1v) is 7.65. The van der Waals surface area contributed by atoms with Crippen molar-refractivity contribution in [1.82, 2.24) is 15.4 Å². The number of benzene rings is 1. The summed E-state index contributed by atoms with van der Waals surface area (Å²) in [5, 5.41) is 10.2. The highest BCUT2D eigenvalue weighted by Crippen LogP contribution is 2.32. The molecule has 2 rings (SSSR count). The van der Waals surface area contributed by atoms with Crippen LogP contribution in [0.4, 0.5) is 0 Å². The molecule has 1 aromatic heterocycles. The molecule has 1 N–H and O–H groups in total. The zero-order valence-corrected chi connectivity index (χ0v) is 14.2. The second-order valence-corrected chi connectivity index (χ2v) is 4.70. The van der Waals surface area contributed by atoms with Crippen molar-refractivity contribution in [3.8, 4) is 22.8 Å². The van der Waals surface area contributed by atoms with Crippen LogP contribution in [0.3, 0.4) is 0 Å². The summed E-state index contributed by atoms with van der Waals surface area (Å²) < 4.78 is 20.4. The van der Waals surface area contributed by atoms with Gasteiger partial charge in [0.15, 0.2) is 23.8 Å². The maximum atomic E-state index is 11.9. The van der Waals surface area contributed by atoms with Crippen molar-refractivity contribution >= 4 is 11.9 Å². The third kappa shape index (κ3) is 4.46. The number of esters is 2. The van der Waals surface area contributed by atoms with E-state index in [2.05, 4.69) is 15.4 Å². The quantitative estimate of drug-likeness (QED) is 0.715. The fraction of sp³-hybridized carbons (Fsp3) is 0.375. The molecule has 0 unspecified atom stereocenters. The van der Waals surface area contributed by atoms with Crippen LogP contribution in [0.2, 0.25) is 0 Å². The summed E-state index contributed by atoms with van der Waals surface area (Å²) in [6, 6.07) is 4.93. The van der Waals surface area contributed by atoms with Crippen LogP contribution >= 0.6 is 0 Å². The summed E-state index contributed by atoms with van der Waals surface area (Å²) in [5.41, 5.74) is 0.918. The average molecular weight is 349 g/mol. The van der Waals surface area contributed by atoms with Crippen LogP contribution in [0.1, 0.15) is 24.3 Å². The van der Waals surface area contributed by atoms with Crippen molar-refractivity contribution < 1.29 is 28.5 Å². The van der Waals surface area contributed by atoms with Crippen molar-refractivity contribution in [3.05, 3.63) is 23.9 Å². The van der Waals surface area contributed by atoms with Crippen molar-refractivity contribution in [2.45, 2.75) is 13.8 Å². The zero-order chi connectivity index (χ0) is 18.2. The molecule has 0 aliphatic rings. The van der Waals surface area contributed by atoms with Crippen LogP contribution in [-0.2, 0) is 14.3 Å². The minimum absolute atomic E-state index is 0.0587. The predicted molar refractivity (Wildman–Crippen MR) is 86.5 cm³/mol. The molecule has 1 aromatic carbocycles. The van der Waals surface area contributed by atoms with E-state index >= 15 is 0 Å². The van der Waals surface area contributed by atoms with E-state index in [0.29, 0.717) is 22.8 Å². The van der Waals surface area contributed by atoms with Gasteiger partial charge in [-0.15, -0.1) is 5.10 Å². The highest BCUT2D eigenvalue weighted by Gasteiger charge is 2.20. The lowest BCUT2D eigenvalue weighted by atomic mass is 10.1. The summed E-state index contributed by atoms with van der Waals surface area (Å²) in [5.74, 6) is -0.347. The molecule has 2 aromatic rings. The third-order valence-corrected chi connectivity index (χ3v) is 3.10. The largest absolute Gasteiger partial charge is 0.493 e. The lowest BCUT2D eigenvalue weighted by Crippen LogP contribution is -2.15. The van der Waals surface area contributed by atoms with Gasteiger partial charge in [-0.1, -0.05) is 0 Å². The SMILES string of the molecule is CCOC(=O)COc1cc(-c2n[nH]nc2C(=O)OCC)ccc1OC. The first-order chi connectivity index (χ1) is 12.1. The Kier molecular flexibility index (Phi) is 6.33. The fourth-order valence-corrected chi connectivity index (χ4v) is 2.05. The first kappa shape index (κ1) is 18.2. The number of aromatic nitrogens is 3. The number of nitrogens with zero attached hydrogens (tertiary/aromatic N) is 2. The molecule has 0 saturated carbocycles. The van der Waals surface area contributed by atoms with E-state index in [4.69, 9.17) is 18.9 Å². The molecule has 0 radical (unpaired) electrons. The van der Waals surface area contributed by atoms with Gasteiger partial charge in [0.25, 0.3) is 0 Å². The molecule has 0 aliphatic carbocycles. The Morgan fingerprint density at radius 2 is 1.84 bits per heavy atom. The van der Waals surface area contributed by atoms with Gasteiger partial charge in [-0.3, -0.25) is 0 Å². The number of H-pyrrole nitrogens is 1. The summed E-state index contributed by atoms with van der Waals surface area (Å²) in [7, 11) is 1.48. The highest BCUT2D eigenvalue weighted by atomic mass is 16.6. The predicted octanol–water partition coefficient (Wildman–Crippen LogP) is 1.60. The van der Waals surface area contributed by atoms with Gasteiger partial charge in [0.1, 0.15) is 5.69 Å². The lowest BCUT2D eigenvalue weighted by Gasteiger charge is -2.11. The Hall–Kier alpha value is -3.10. The number of hydrogen-bond acceptors (Lipinski definition) is 8. The Bertz CT molecular complexity index is 743. The van der Waals surface area contributed by atoms with Crippen LogP contribution < -0.4 is 9.47 Å². The molecular formula is C16H19N3O6. The number of rotatable bonds is 8. The first-order valence-electron chi connectivity index (χ1n) is 7.65. The molecule has 0 bridgehead atoms. The van der Waals surface area contributed by atoms with Crippen molar-refractivity contribution in [3.63, 3.8) is 0 Å². The van der Waals surface area contributed by atoms with E-state index < -0.39 is 11.9 Å². The molecule has 0 saturated heterocycles. The second kappa shape index (κ2) is 8.67. The van der Waals surface area contributed by atoms with E-state index in [1.165, 1.54) is 7.11 Å². The molecule has 9 heteroatoms. The second-order valence-electron chi connectivity index (χ2n) is 4.70. The summed E-state index contributed by atoms with van der Waals surface area (Å²) >= 11 is 0. The standard InChI is InChI=1S/C16H19N3O6/c1-4-23-13(20)9-25-12-8-10(6-7-11(12)22-3)14-15(18-19-17-14)16(21)24-5-2/h6-8H,4-5,9H2,1-3H3,(H,17,18,19). The minimum atomic E-state index is -0.587. The maximum Gasteiger partial charge on any atom is 0.361 e. The number of ether oxygens (including phenoxy) is 4. The number of methoxy groups -OCH3 is 1. The number of nitrogens with one attached hydrogen (secondary N) is 1. The Morgan fingerprint density at radius 1 is 1.08 bits per heavy atom. The van der Waals surface area contributed by atoms with Gasteiger partial charge in [0.2, 0.25) is 0 Å². The molecule has 0 fully saturated rings. The molecule has 9 nitrogen and oxygen atoms in total. The monoisotopic (exact) mass is 349 g/mol. The lowest BCUT2D eigenvalue weighted by molar-refractivity contribution is -0.145. The van der Waals surface area contributed by atoms with Gasteiger partial charge in [0.05, 0.1) is 20.3 Å². The van der Waals surface area contributed by atoms with Crippen LogP contribution in [0.25, 0.3) is 11.3 Å². The minimum Gasteiger partial charge on any atom is -0.493 e. The third-order valence-electron chi connectivity index (χ3n) is 3.10. The van der Waals surface area contributed by atoms with Gasteiger partial charge in [0, 0.05) is 5.56 Å². The van der Waals surface area contributed by atoms with Gasteiger partial charge < -0.3 is 18.9 Å². The maximum absolute atomic E-state index is 11.9. The molecule has 0 aliphatic heterocycles. The van der Waals surface area contributed by atoms with E-state index in [1.54, 1.807) is 32.0 Å². The van der Waals surface area contributed by atoms with Crippen LogP contribution in [0, 0.1) is 0 Å². The summed E-state index contributed by atoms with van der Waals surface area (Å²) in [4.78, 5) is 23.4. The molecule has 0 atom stereocenters. The van der Waals surface area contributed by atoms with Gasteiger partial charge >= 0.3 is 11.9 Å². The van der Waals surface area contributed by atoms with Crippen LogP contribution in [0.15, 0.2) is 18.2 Å². The van der Waals surface area contributed by atoms with Gasteiger partial charge in [-0.2, -0.15) is 10.3 Å². The smallest absolute Gasteiger partial charge is 0.361 e. The van der Waals surface area contributed by atoms with E-state index in [9.17, 15) is 9.59 Å². The molecule has 25 heavy (non-hydrogen) atoms.